The molecule has 0 aliphatic carbocycles. The van der Waals surface area contributed by atoms with E-state index < -0.39 is 0 Å². The zero-order valence-corrected chi connectivity index (χ0v) is 14.5. The summed E-state index contributed by atoms with van der Waals surface area (Å²) in [6.07, 6.45) is 4.85. The van der Waals surface area contributed by atoms with Gasteiger partial charge in [0.15, 0.2) is 0 Å². The van der Waals surface area contributed by atoms with Crippen molar-refractivity contribution in [2.75, 3.05) is 42.5 Å². The summed E-state index contributed by atoms with van der Waals surface area (Å²) in [4.78, 5) is 39.4. The van der Waals surface area contributed by atoms with Crippen LogP contribution in [0.2, 0.25) is 0 Å². The number of aromatic nitrogens is 2. The molecule has 0 radical (unpaired) electrons. The van der Waals surface area contributed by atoms with Gasteiger partial charge >= 0.3 is 0 Å². The van der Waals surface area contributed by atoms with Gasteiger partial charge in [0.25, 0.3) is 5.91 Å². The largest absolute Gasteiger partial charge is 0.337 e. The smallest absolute Gasteiger partial charge is 0.256 e. The average Bonchev–Trinajstić information content (AvgIpc) is 3.14. The SMILES string of the molecule is O=C(c1ccccc1N1CCCC1=O)N1CCN(c2ncccn2)CC1. The van der Waals surface area contributed by atoms with Crippen LogP contribution in [0.5, 0.6) is 0 Å². The lowest BCUT2D eigenvalue weighted by Gasteiger charge is -2.35. The maximum Gasteiger partial charge on any atom is 0.256 e. The lowest BCUT2D eigenvalue weighted by Crippen LogP contribution is -2.49. The van der Waals surface area contributed by atoms with E-state index in [1.54, 1.807) is 23.4 Å². The van der Waals surface area contributed by atoms with Gasteiger partial charge in [-0.05, 0) is 24.6 Å². The highest BCUT2D eigenvalue weighted by Gasteiger charge is 2.29. The van der Waals surface area contributed by atoms with Crippen LogP contribution in [0.15, 0.2) is 42.7 Å². The number of hydrogen-bond acceptors (Lipinski definition) is 5. The van der Waals surface area contributed by atoms with E-state index in [4.69, 9.17) is 0 Å². The highest BCUT2D eigenvalue weighted by Crippen LogP contribution is 2.27. The molecular formula is C19H21N5O2. The molecule has 0 saturated carbocycles. The summed E-state index contributed by atoms with van der Waals surface area (Å²) in [6, 6.07) is 9.20. The average molecular weight is 351 g/mol. The van der Waals surface area contributed by atoms with E-state index in [1.807, 2.05) is 29.2 Å². The Balaban J connectivity index is 1.48. The highest BCUT2D eigenvalue weighted by molar-refractivity contribution is 6.05. The number of rotatable bonds is 3. The Morgan fingerprint density at radius 1 is 0.923 bits per heavy atom. The number of carbonyl (C=O) groups is 2. The van der Waals surface area contributed by atoms with E-state index in [-0.39, 0.29) is 11.8 Å². The van der Waals surface area contributed by atoms with Gasteiger partial charge in [-0.3, -0.25) is 9.59 Å². The number of amides is 2. The molecule has 1 aromatic heterocycles. The molecule has 0 unspecified atom stereocenters. The Morgan fingerprint density at radius 3 is 2.35 bits per heavy atom. The third-order valence-electron chi connectivity index (χ3n) is 4.90. The van der Waals surface area contributed by atoms with Crippen LogP contribution in [0.4, 0.5) is 11.6 Å². The summed E-state index contributed by atoms with van der Waals surface area (Å²) in [5, 5.41) is 0. The normalized spacial score (nSPS) is 17.7. The minimum Gasteiger partial charge on any atom is -0.337 e. The Morgan fingerprint density at radius 2 is 1.65 bits per heavy atom. The summed E-state index contributed by atoms with van der Waals surface area (Å²) < 4.78 is 0. The van der Waals surface area contributed by atoms with Gasteiger partial charge in [0, 0.05) is 51.5 Å². The molecule has 26 heavy (non-hydrogen) atoms. The Bertz CT molecular complexity index is 803. The van der Waals surface area contributed by atoms with Crippen molar-refractivity contribution < 1.29 is 9.59 Å². The predicted octanol–water partition coefficient (Wildman–Crippen LogP) is 1.57. The van der Waals surface area contributed by atoms with Gasteiger partial charge in [-0.25, -0.2) is 9.97 Å². The van der Waals surface area contributed by atoms with E-state index in [0.717, 1.165) is 12.1 Å². The lowest BCUT2D eigenvalue weighted by atomic mass is 10.1. The van der Waals surface area contributed by atoms with E-state index in [0.29, 0.717) is 50.7 Å². The number of carbonyl (C=O) groups excluding carboxylic acids is 2. The molecule has 0 spiro atoms. The third-order valence-corrected chi connectivity index (χ3v) is 4.90. The van der Waals surface area contributed by atoms with Gasteiger partial charge in [-0.15, -0.1) is 0 Å². The van der Waals surface area contributed by atoms with E-state index in [2.05, 4.69) is 14.9 Å². The molecule has 2 aliphatic heterocycles. The first kappa shape index (κ1) is 16.5. The van der Waals surface area contributed by atoms with Crippen LogP contribution in [-0.2, 0) is 4.79 Å². The molecule has 2 aromatic rings. The number of para-hydroxylation sites is 1. The van der Waals surface area contributed by atoms with Gasteiger partial charge < -0.3 is 14.7 Å². The van der Waals surface area contributed by atoms with Crippen LogP contribution in [0.25, 0.3) is 0 Å². The number of piperazine rings is 1. The monoisotopic (exact) mass is 351 g/mol. The van der Waals surface area contributed by atoms with Crippen molar-refractivity contribution in [1.29, 1.82) is 0 Å². The lowest BCUT2D eigenvalue weighted by molar-refractivity contribution is -0.117. The first-order chi connectivity index (χ1) is 12.7. The van der Waals surface area contributed by atoms with Crippen LogP contribution < -0.4 is 9.80 Å². The number of benzene rings is 1. The van der Waals surface area contributed by atoms with Crippen molar-refractivity contribution in [3.63, 3.8) is 0 Å². The molecule has 3 heterocycles. The van der Waals surface area contributed by atoms with Crippen molar-refractivity contribution in [3.05, 3.63) is 48.3 Å². The standard InChI is InChI=1S/C19H21N5O2/c25-17-7-3-10-24(17)16-6-2-1-5-15(16)18(26)22-11-13-23(14-12-22)19-20-8-4-9-21-19/h1-2,4-6,8-9H,3,7,10-14H2. The van der Waals surface area contributed by atoms with Crippen LogP contribution in [0.1, 0.15) is 23.2 Å². The summed E-state index contributed by atoms with van der Waals surface area (Å²) in [7, 11) is 0. The van der Waals surface area contributed by atoms with Crippen molar-refractivity contribution >= 4 is 23.5 Å². The number of anilines is 2. The minimum absolute atomic E-state index is 0.0195. The molecule has 1 aromatic carbocycles. The van der Waals surface area contributed by atoms with Crippen molar-refractivity contribution in [1.82, 2.24) is 14.9 Å². The van der Waals surface area contributed by atoms with E-state index in [9.17, 15) is 9.59 Å². The maximum absolute atomic E-state index is 13.1. The fourth-order valence-corrected chi connectivity index (χ4v) is 3.53. The second-order valence-electron chi connectivity index (χ2n) is 6.49. The van der Waals surface area contributed by atoms with E-state index >= 15 is 0 Å². The van der Waals surface area contributed by atoms with Gasteiger partial charge in [0.1, 0.15) is 0 Å². The molecule has 7 heteroatoms. The topological polar surface area (TPSA) is 69.6 Å². The van der Waals surface area contributed by atoms with Crippen molar-refractivity contribution in [2.24, 2.45) is 0 Å². The number of hydrogen-bond donors (Lipinski definition) is 0. The highest BCUT2D eigenvalue weighted by atomic mass is 16.2. The summed E-state index contributed by atoms with van der Waals surface area (Å²) in [5.74, 6) is 0.771. The molecule has 0 atom stereocenters. The fraction of sp³-hybridized carbons (Fsp3) is 0.368. The quantitative estimate of drug-likeness (QED) is 0.839. The van der Waals surface area contributed by atoms with Gasteiger partial charge in [-0.1, -0.05) is 12.1 Å². The summed E-state index contributed by atoms with van der Waals surface area (Å²) in [6.45, 7) is 3.29. The van der Waals surface area contributed by atoms with Gasteiger partial charge in [0.05, 0.1) is 11.3 Å². The molecule has 0 N–H and O–H groups in total. The maximum atomic E-state index is 13.1. The molecule has 7 nitrogen and oxygen atoms in total. The second-order valence-corrected chi connectivity index (χ2v) is 6.49. The Labute approximate surface area is 152 Å². The molecular weight excluding hydrogens is 330 g/mol. The third kappa shape index (κ3) is 3.12. The molecule has 134 valence electrons. The molecule has 2 amide bonds. The molecule has 0 bridgehead atoms. The first-order valence-electron chi connectivity index (χ1n) is 8.94. The summed E-state index contributed by atoms with van der Waals surface area (Å²) in [5.41, 5.74) is 1.33. The zero-order chi connectivity index (χ0) is 17.9. The molecule has 2 saturated heterocycles. The predicted molar refractivity (Wildman–Crippen MR) is 98.2 cm³/mol. The summed E-state index contributed by atoms with van der Waals surface area (Å²) >= 11 is 0. The second kappa shape index (κ2) is 7.11. The first-order valence-corrected chi connectivity index (χ1v) is 8.94. The molecule has 2 fully saturated rings. The number of nitrogens with zero attached hydrogens (tertiary/aromatic N) is 5. The van der Waals surface area contributed by atoms with Crippen molar-refractivity contribution in [2.45, 2.75) is 12.8 Å². The van der Waals surface area contributed by atoms with Gasteiger partial charge in [-0.2, -0.15) is 0 Å². The Kier molecular flexibility index (Phi) is 4.51. The fourth-order valence-electron chi connectivity index (χ4n) is 3.53. The van der Waals surface area contributed by atoms with Crippen LogP contribution in [-0.4, -0.2) is 59.4 Å². The van der Waals surface area contributed by atoms with Crippen molar-refractivity contribution in [3.8, 4) is 0 Å². The van der Waals surface area contributed by atoms with E-state index in [1.165, 1.54) is 0 Å². The van der Waals surface area contributed by atoms with Crippen LogP contribution >= 0.6 is 0 Å². The Hall–Kier alpha value is -2.96. The van der Waals surface area contributed by atoms with Crippen LogP contribution in [0, 0.1) is 0 Å². The molecule has 4 rings (SSSR count). The molecule has 2 aliphatic rings. The van der Waals surface area contributed by atoms with Crippen LogP contribution in [0.3, 0.4) is 0 Å². The zero-order valence-electron chi connectivity index (χ0n) is 14.5. The van der Waals surface area contributed by atoms with Gasteiger partial charge in [0.2, 0.25) is 11.9 Å². The minimum atomic E-state index is -0.0195.